The second-order valence-electron chi connectivity index (χ2n) is 5.21. The Hall–Kier alpha value is -2.33. The van der Waals surface area contributed by atoms with E-state index in [4.69, 9.17) is 16.0 Å². The lowest BCUT2D eigenvalue weighted by Gasteiger charge is -2.14. The number of pyridine rings is 1. The number of fused-ring (bicyclic) bond motifs is 1. The molecule has 1 atom stereocenters. The van der Waals surface area contributed by atoms with Gasteiger partial charge in [0, 0.05) is 22.5 Å². The topological polar surface area (TPSA) is 64.8 Å². The molecule has 0 saturated carbocycles. The van der Waals surface area contributed by atoms with Crippen LogP contribution in [0.5, 0.6) is 11.6 Å². The number of hydrogen-bond acceptors (Lipinski definition) is 4. The molecule has 0 aliphatic carbocycles. The summed E-state index contributed by atoms with van der Waals surface area (Å²) in [5, 5.41) is 4.45. The van der Waals surface area contributed by atoms with Crippen molar-refractivity contribution in [3.05, 3.63) is 34.2 Å². The normalized spacial score (nSPS) is 16.9. The molecule has 1 saturated heterocycles. The van der Waals surface area contributed by atoms with Crippen LogP contribution in [0.2, 0.25) is 0 Å². The number of aromatic nitrogens is 1. The highest BCUT2D eigenvalue weighted by Gasteiger charge is 2.22. The zero-order valence-corrected chi connectivity index (χ0v) is 14.0. The molecule has 0 spiro atoms. The first-order valence-electron chi connectivity index (χ1n) is 7.08. The van der Waals surface area contributed by atoms with E-state index in [1.54, 1.807) is 18.3 Å². The Balaban J connectivity index is 1.95. The van der Waals surface area contributed by atoms with Gasteiger partial charge in [-0.25, -0.2) is 9.83 Å². The zero-order valence-electron chi connectivity index (χ0n) is 12.4. The molecule has 2 heterocycles. The number of rotatable bonds is 4. The number of amides is 1. The van der Waals surface area contributed by atoms with Gasteiger partial charge in [-0.3, -0.25) is 4.79 Å². The summed E-state index contributed by atoms with van der Waals surface area (Å²) in [7, 11) is 1.52. The molecule has 118 valence electrons. The fraction of sp³-hybridized carbons (Fsp3) is 0.312. The van der Waals surface area contributed by atoms with Crippen LogP contribution in [0, 0.1) is 6.57 Å². The van der Waals surface area contributed by atoms with Crippen LogP contribution in [0.15, 0.2) is 22.8 Å². The predicted molar refractivity (Wildman–Crippen MR) is 88.9 cm³/mol. The molecular formula is C16H14BrN3O3. The van der Waals surface area contributed by atoms with Crippen molar-refractivity contribution < 1.29 is 14.3 Å². The fourth-order valence-corrected chi connectivity index (χ4v) is 2.98. The number of benzene rings is 1. The molecular weight excluding hydrogens is 362 g/mol. The number of methoxy groups -OCH3 is 1. The summed E-state index contributed by atoms with van der Waals surface area (Å²) in [4.78, 5) is 19.0. The highest BCUT2D eigenvalue weighted by molar-refractivity contribution is 9.10. The van der Waals surface area contributed by atoms with Gasteiger partial charge in [-0.1, -0.05) is 0 Å². The minimum absolute atomic E-state index is 0.00686. The average Bonchev–Trinajstić information content (AvgIpc) is 2.98. The van der Waals surface area contributed by atoms with E-state index in [0.717, 1.165) is 21.7 Å². The van der Waals surface area contributed by atoms with Crippen molar-refractivity contribution in [2.45, 2.75) is 18.9 Å². The first-order valence-corrected chi connectivity index (χ1v) is 7.87. The van der Waals surface area contributed by atoms with Gasteiger partial charge in [-0.2, -0.15) is 0 Å². The van der Waals surface area contributed by atoms with Gasteiger partial charge in [-0.05, 0) is 39.9 Å². The van der Waals surface area contributed by atoms with Crippen molar-refractivity contribution >= 4 is 38.3 Å². The molecule has 23 heavy (non-hydrogen) atoms. The fourth-order valence-electron chi connectivity index (χ4n) is 2.55. The highest BCUT2D eigenvalue weighted by atomic mass is 79.9. The Bertz CT molecular complexity index is 816. The quantitative estimate of drug-likeness (QED) is 0.833. The van der Waals surface area contributed by atoms with Gasteiger partial charge in [0.15, 0.2) is 0 Å². The Labute approximate surface area is 141 Å². The van der Waals surface area contributed by atoms with Crippen LogP contribution >= 0.6 is 15.9 Å². The van der Waals surface area contributed by atoms with Gasteiger partial charge >= 0.3 is 0 Å². The smallest absolute Gasteiger partial charge is 0.228 e. The van der Waals surface area contributed by atoms with Gasteiger partial charge in [0.1, 0.15) is 12.4 Å². The number of halogens is 1. The Morgan fingerprint density at radius 2 is 2.30 bits per heavy atom. The number of carbonyl (C=O) groups excluding carboxylic acids is 1. The number of hydrogen-bond donors (Lipinski definition) is 1. The molecule has 1 aromatic carbocycles. The van der Waals surface area contributed by atoms with E-state index >= 15 is 0 Å². The molecule has 0 unspecified atom stereocenters. The van der Waals surface area contributed by atoms with E-state index in [9.17, 15) is 4.79 Å². The molecule has 2 aromatic rings. The molecule has 1 aliphatic rings. The lowest BCUT2D eigenvalue weighted by Crippen LogP contribution is -2.31. The zero-order chi connectivity index (χ0) is 16.4. The second kappa shape index (κ2) is 6.42. The summed E-state index contributed by atoms with van der Waals surface area (Å²) in [6.45, 7) is 7.61. The molecule has 3 rings (SSSR count). The molecule has 1 fully saturated rings. The molecule has 1 N–H and O–H groups in total. The van der Waals surface area contributed by atoms with Gasteiger partial charge in [0.2, 0.25) is 17.5 Å². The summed E-state index contributed by atoms with van der Waals surface area (Å²) in [5.74, 6) is 0.987. The predicted octanol–water partition coefficient (Wildman–Crippen LogP) is 3.21. The standard InChI is InChI=1S/C16H14BrN3O3/c1-18-13-5-10-11(6-14(13)22-2)16(19-7-12(10)17)23-8-9-3-4-15(21)20-9/h5-7,9H,3-4,8H2,2H3,(H,20,21)/t9-/m0/s1. The minimum atomic E-state index is 0.00686. The summed E-state index contributed by atoms with van der Waals surface area (Å²) in [5.41, 5.74) is 0.431. The molecule has 0 radical (unpaired) electrons. The third-order valence-electron chi connectivity index (χ3n) is 3.73. The van der Waals surface area contributed by atoms with Gasteiger partial charge in [0.05, 0.1) is 19.7 Å². The summed E-state index contributed by atoms with van der Waals surface area (Å²) >= 11 is 3.45. The van der Waals surface area contributed by atoms with Crippen molar-refractivity contribution in [1.82, 2.24) is 10.3 Å². The molecule has 6 nitrogen and oxygen atoms in total. The lowest BCUT2D eigenvalue weighted by molar-refractivity contribution is -0.119. The SMILES string of the molecule is [C-]#[N+]c1cc2c(Br)cnc(OC[C@@H]3CCC(=O)N3)c2cc1OC. The maximum atomic E-state index is 11.2. The number of nitrogens with zero attached hydrogens (tertiary/aromatic N) is 2. The van der Waals surface area contributed by atoms with Crippen molar-refractivity contribution in [3.63, 3.8) is 0 Å². The van der Waals surface area contributed by atoms with Crippen LogP contribution in [-0.2, 0) is 4.79 Å². The van der Waals surface area contributed by atoms with Gasteiger partial charge < -0.3 is 14.8 Å². The molecule has 1 aliphatic heterocycles. The van der Waals surface area contributed by atoms with E-state index in [-0.39, 0.29) is 11.9 Å². The number of carbonyl (C=O) groups is 1. The van der Waals surface area contributed by atoms with E-state index in [1.165, 1.54) is 7.11 Å². The van der Waals surface area contributed by atoms with Crippen molar-refractivity contribution in [1.29, 1.82) is 0 Å². The first-order chi connectivity index (χ1) is 11.1. The van der Waals surface area contributed by atoms with Crippen LogP contribution in [0.3, 0.4) is 0 Å². The number of nitrogens with one attached hydrogen (secondary N) is 1. The third-order valence-corrected chi connectivity index (χ3v) is 4.36. The van der Waals surface area contributed by atoms with Crippen LogP contribution in [0.1, 0.15) is 12.8 Å². The van der Waals surface area contributed by atoms with Crippen LogP contribution in [0.25, 0.3) is 15.6 Å². The molecule has 1 amide bonds. The van der Waals surface area contributed by atoms with Gasteiger partial charge in [0.25, 0.3) is 0 Å². The first kappa shape index (κ1) is 15.6. The van der Waals surface area contributed by atoms with E-state index in [2.05, 4.69) is 31.1 Å². The van der Waals surface area contributed by atoms with Crippen molar-refractivity contribution in [3.8, 4) is 11.6 Å². The minimum Gasteiger partial charge on any atom is -0.508 e. The maximum Gasteiger partial charge on any atom is 0.228 e. The second-order valence-corrected chi connectivity index (χ2v) is 6.06. The molecule has 1 aromatic heterocycles. The Morgan fingerprint density at radius 3 is 2.96 bits per heavy atom. The number of ether oxygens (including phenoxy) is 2. The van der Waals surface area contributed by atoms with Crippen LogP contribution < -0.4 is 14.8 Å². The molecule has 0 bridgehead atoms. The largest absolute Gasteiger partial charge is 0.508 e. The summed E-state index contributed by atoms with van der Waals surface area (Å²) in [6, 6.07) is 3.51. The van der Waals surface area contributed by atoms with Gasteiger partial charge in [-0.15, -0.1) is 0 Å². The van der Waals surface area contributed by atoms with Crippen molar-refractivity contribution in [2.75, 3.05) is 13.7 Å². The monoisotopic (exact) mass is 375 g/mol. The average molecular weight is 376 g/mol. The van der Waals surface area contributed by atoms with Crippen LogP contribution in [-0.4, -0.2) is 30.6 Å². The maximum absolute atomic E-state index is 11.2. The summed E-state index contributed by atoms with van der Waals surface area (Å²) in [6.07, 6.45) is 2.94. The Kier molecular flexibility index (Phi) is 4.35. The highest BCUT2D eigenvalue weighted by Crippen LogP contribution is 2.38. The van der Waals surface area contributed by atoms with Crippen molar-refractivity contribution in [2.24, 2.45) is 0 Å². The Morgan fingerprint density at radius 1 is 1.48 bits per heavy atom. The van der Waals surface area contributed by atoms with E-state index in [0.29, 0.717) is 30.3 Å². The lowest BCUT2D eigenvalue weighted by atomic mass is 10.1. The molecule has 7 heteroatoms. The summed E-state index contributed by atoms with van der Waals surface area (Å²) < 4.78 is 11.8. The van der Waals surface area contributed by atoms with Crippen LogP contribution in [0.4, 0.5) is 5.69 Å². The third kappa shape index (κ3) is 3.08. The van der Waals surface area contributed by atoms with E-state index in [1.807, 2.05) is 0 Å². The van der Waals surface area contributed by atoms with E-state index < -0.39 is 0 Å².